The molecule has 0 spiro atoms. The molecule has 1 saturated carbocycles. The van der Waals surface area contributed by atoms with Gasteiger partial charge in [0, 0.05) is 0 Å². The van der Waals surface area contributed by atoms with Crippen LogP contribution in [-0.4, -0.2) is 0 Å². The summed E-state index contributed by atoms with van der Waals surface area (Å²) in [5.41, 5.74) is 2.04. The van der Waals surface area contributed by atoms with E-state index in [1.54, 1.807) is 0 Å². The van der Waals surface area contributed by atoms with E-state index in [-0.39, 0.29) is 0 Å². The average molecular weight is 108 g/mol. The van der Waals surface area contributed by atoms with Crippen molar-refractivity contribution in [2.75, 3.05) is 0 Å². The van der Waals surface area contributed by atoms with Crippen LogP contribution < -0.4 is 0 Å². The Morgan fingerprint density at radius 3 is 2.25 bits per heavy atom. The van der Waals surface area contributed by atoms with Crippen LogP contribution in [0, 0.1) is 5.41 Å². The summed E-state index contributed by atoms with van der Waals surface area (Å²) in [6.45, 7) is 8.13. The standard InChI is InChI=1S/C8H12/c1-4-5-7-6-8(7,2)3/h4-5H,1,6H2,2-3H3. The minimum absolute atomic E-state index is 0.508. The van der Waals surface area contributed by atoms with E-state index in [9.17, 15) is 0 Å². The van der Waals surface area contributed by atoms with Gasteiger partial charge in [0.25, 0.3) is 0 Å². The Labute approximate surface area is 50.9 Å². The number of hydrogen-bond donors (Lipinski definition) is 0. The highest BCUT2D eigenvalue weighted by atomic mass is 14.4. The second kappa shape index (κ2) is 1.48. The predicted molar refractivity (Wildman–Crippen MR) is 36.7 cm³/mol. The van der Waals surface area contributed by atoms with E-state index >= 15 is 0 Å². The fourth-order valence-electron chi connectivity index (χ4n) is 0.859. The van der Waals surface area contributed by atoms with Crippen molar-refractivity contribution in [3.8, 4) is 0 Å². The topological polar surface area (TPSA) is 0 Å². The van der Waals surface area contributed by atoms with Crippen molar-refractivity contribution in [3.63, 3.8) is 0 Å². The molecule has 0 radical (unpaired) electrons. The summed E-state index contributed by atoms with van der Waals surface area (Å²) < 4.78 is 0. The molecule has 0 aromatic carbocycles. The van der Waals surface area contributed by atoms with E-state index in [1.165, 1.54) is 12.0 Å². The first-order valence-corrected chi connectivity index (χ1v) is 2.99. The van der Waals surface area contributed by atoms with Gasteiger partial charge in [0.2, 0.25) is 0 Å². The molecule has 0 N–H and O–H groups in total. The minimum atomic E-state index is 0.508. The minimum Gasteiger partial charge on any atom is -0.0991 e. The normalized spacial score (nSPS) is 28.0. The molecule has 0 bridgehead atoms. The van der Waals surface area contributed by atoms with Gasteiger partial charge in [0.05, 0.1) is 0 Å². The number of hydrogen-bond acceptors (Lipinski definition) is 0. The highest BCUT2D eigenvalue weighted by Gasteiger charge is 2.37. The maximum absolute atomic E-state index is 3.63. The van der Waals surface area contributed by atoms with Crippen LogP contribution in [0.1, 0.15) is 20.3 Å². The summed E-state index contributed by atoms with van der Waals surface area (Å²) in [5, 5.41) is 0. The van der Waals surface area contributed by atoms with Gasteiger partial charge in [0.1, 0.15) is 0 Å². The third kappa shape index (κ3) is 0.835. The molecule has 0 heteroatoms. The molecular weight excluding hydrogens is 96.1 g/mol. The van der Waals surface area contributed by atoms with Crippen LogP contribution in [0.5, 0.6) is 0 Å². The second-order valence-electron chi connectivity index (χ2n) is 2.99. The first-order valence-electron chi connectivity index (χ1n) is 2.99. The van der Waals surface area contributed by atoms with Gasteiger partial charge in [0.15, 0.2) is 0 Å². The molecule has 1 rings (SSSR count). The third-order valence-electron chi connectivity index (χ3n) is 1.70. The lowest BCUT2D eigenvalue weighted by atomic mass is 10.2. The van der Waals surface area contributed by atoms with Gasteiger partial charge < -0.3 is 0 Å². The van der Waals surface area contributed by atoms with Crippen LogP contribution >= 0.6 is 0 Å². The highest BCUT2D eigenvalue weighted by Crippen LogP contribution is 2.50. The van der Waals surface area contributed by atoms with Crippen LogP contribution in [-0.2, 0) is 0 Å². The lowest BCUT2D eigenvalue weighted by molar-refractivity contribution is 0.686. The largest absolute Gasteiger partial charge is 0.0991 e. The molecule has 44 valence electrons. The maximum atomic E-state index is 3.63. The zero-order valence-corrected chi connectivity index (χ0v) is 5.57. The van der Waals surface area contributed by atoms with E-state index in [0.29, 0.717) is 5.41 Å². The monoisotopic (exact) mass is 108 g/mol. The van der Waals surface area contributed by atoms with Crippen LogP contribution in [0.2, 0.25) is 0 Å². The molecule has 1 aliphatic rings. The first-order chi connectivity index (χ1) is 3.67. The van der Waals surface area contributed by atoms with Gasteiger partial charge in [-0.05, 0) is 11.8 Å². The van der Waals surface area contributed by atoms with Gasteiger partial charge in [-0.15, -0.1) is 0 Å². The summed E-state index contributed by atoms with van der Waals surface area (Å²) in [5.74, 6) is 0. The zero-order chi connectivity index (χ0) is 6.20. The predicted octanol–water partition coefficient (Wildman–Crippen LogP) is 2.53. The molecule has 0 aliphatic heterocycles. The lowest BCUT2D eigenvalue weighted by Crippen LogP contribution is -1.78. The fourth-order valence-corrected chi connectivity index (χ4v) is 0.859. The summed E-state index contributed by atoms with van der Waals surface area (Å²) in [7, 11) is 0. The van der Waals surface area contributed by atoms with E-state index < -0.39 is 0 Å². The molecule has 0 aromatic rings. The van der Waals surface area contributed by atoms with Crippen molar-refractivity contribution in [2.24, 2.45) is 5.41 Å². The molecule has 0 aromatic heterocycles. The maximum Gasteiger partial charge on any atom is -0.0104 e. The second-order valence-corrected chi connectivity index (χ2v) is 2.99. The quantitative estimate of drug-likeness (QED) is 0.484. The molecule has 0 unspecified atom stereocenters. The average Bonchev–Trinajstić information content (AvgIpc) is 2.15. The molecule has 0 atom stereocenters. The molecular formula is C8H12. The third-order valence-corrected chi connectivity index (χ3v) is 1.70. The smallest absolute Gasteiger partial charge is 0.0104 e. The molecule has 0 saturated heterocycles. The van der Waals surface area contributed by atoms with Gasteiger partial charge in [-0.25, -0.2) is 0 Å². The van der Waals surface area contributed by atoms with Crippen LogP contribution in [0.25, 0.3) is 0 Å². The lowest BCUT2D eigenvalue weighted by Gasteiger charge is -1.89. The Kier molecular flexibility index (Phi) is 1.04. The first kappa shape index (κ1) is 5.61. The summed E-state index contributed by atoms with van der Waals surface area (Å²) in [6, 6.07) is 0. The van der Waals surface area contributed by atoms with Gasteiger partial charge in [-0.1, -0.05) is 38.2 Å². The zero-order valence-electron chi connectivity index (χ0n) is 5.57. The van der Waals surface area contributed by atoms with Crippen LogP contribution in [0.15, 0.2) is 24.3 Å². The summed E-state index contributed by atoms with van der Waals surface area (Å²) in [6.07, 6.45) is 5.24. The van der Waals surface area contributed by atoms with Crippen molar-refractivity contribution >= 4 is 0 Å². The Morgan fingerprint density at radius 2 is 2.12 bits per heavy atom. The molecule has 8 heavy (non-hydrogen) atoms. The van der Waals surface area contributed by atoms with E-state index in [4.69, 9.17) is 0 Å². The van der Waals surface area contributed by atoms with Crippen molar-refractivity contribution in [1.82, 2.24) is 0 Å². The van der Waals surface area contributed by atoms with Crippen molar-refractivity contribution in [1.29, 1.82) is 0 Å². The van der Waals surface area contributed by atoms with Crippen LogP contribution in [0.3, 0.4) is 0 Å². The Morgan fingerprint density at radius 1 is 1.62 bits per heavy atom. The van der Waals surface area contributed by atoms with Gasteiger partial charge in [-0.2, -0.15) is 0 Å². The molecule has 0 heterocycles. The summed E-state index contributed by atoms with van der Waals surface area (Å²) >= 11 is 0. The number of rotatable bonds is 1. The molecule has 1 aliphatic carbocycles. The summed E-state index contributed by atoms with van der Waals surface area (Å²) in [4.78, 5) is 0. The van der Waals surface area contributed by atoms with E-state index in [1.807, 2.05) is 6.08 Å². The SMILES string of the molecule is C=CC=C1CC1(C)C. The Bertz CT molecular complexity index is 138. The Hall–Kier alpha value is -0.520. The van der Waals surface area contributed by atoms with Gasteiger partial charge in [-0.3, -0.25) is 0 Å². The molecule has 0 nitrogen and oxygen atoms in total. The van der Waals surface area contributed by atoms with Gasteiger partial charge >= 0.3 is 0 Å². The van der Waals surface area contributed by atoms with Crippen molar-refractivity contribution < 1.29 is 0 Å². The van der Waals surface area contributed by atoms with E-state index in [2.05, 4.69) is 26.5 Å². The highest BCUT2D eigenvalue weighted by molar-refractivity contribution is 5.32. The Balaban J connectivity index is 2.59. The fraction of sp³-hybridized carbons (Fsp3) is 0.500. The van der Waals surface area contributed by atoms with E-state index in [0.717, 1.165) is 0 Å². The molecule has 1 fully saturated rings. The van der Waals surface area contributed by atoms with Crippen LogP contribution in [0.4, 0.5) is 0 Å². The van der Waals surface area contributed by atoms with Crippen molar-refractivity contribution in [3.05, 3.63) is 24.3 Å². The molecule has 0 amide bonds. The van der Waals surface area contributed by atoms with Crippen molar-refractivity contribution in [2.45, 2.75) is 20.3 Å². The number of allylic oxidation sites excluding steroid dienone is 3.